The molecule has 2 aromatic heterocycles. The molecular formula is C12H12F3N3O3S. The summed E-state index contributed by atoms with van der Waals surface area (Å²) in [6.07, 6.45) is -1.76. The molecule has 2 aromatic rings. The van der Waals surface area contributed by atoms with Gasteiger partial charge in [0.1, 0.15) is 5.69 Å². The molecule has 0 radical (unpaired) electrons. The Balaban J connectivity index is 2.06. The number of furan rings is 1. The largest absolute Gasteiger partial charge is 0.463 e. The van der Waals surface area contributed by atoms with Crippen LogP contribution in [0.4, 0.5) is 13.2 Å². The second-order valence-electron chi connectivity index (χ2n) is 4.33. The van der Waals surface area contributed by atoms with E-state index in [0.29, 0.717) is 11.5 Å². The van der Waals surface area contributed by atoms with Gasteiger partial charge in [0.2, 0.25) is 10.0 Å². The van der Waals surface area contributed by atoms with Crippen LogP contribution in [0.3, 0.4) is 0 Å². The highest BCUT2D eigenvalue weighted by Gasteiger charge is 2.29. The van der Waals surface area contributed by atoms with E-state index in [2.05, 4.69) is 14.7 Å². The molecule has 0 spiro atoms. The Hall–Kier alpha value is -1.94. The maximum Gasteiger partial charge on any atom is 0.390 e. The highest BCUT2D eigenvalue weighted by Crippen LogP contribution is 2.21. The quantitative estimate of drug-likeness (QED) is 0.874. The number of halogens is 3. The van der Waals surface area contributed by atoms with Crippen LogP contribution in [0.15, 0.2) is 35.2 Å². The van der Waals surface area contributed by atoms with E-state index in [-0.39, 0.29) is 12.2 Å². The van der Waals surface area contributed by atoms with Crippen LogP contribution in [0, 0.1) is 0 Å². The summed E-state index contributed by atoms with van der Waals surface area (Å²) in [5, 5.41) is 0. The summed E-state index contributed by atoms with van der Waals surface area (Å²) in [7, 11) is -4.07. The summed E-state index contributed by atoms with van der Waals surface area (Å²) in [6, 6.07) is 3.24. The van der Waals surface area contributed by atoms with Crippen LogP contribution in [-0.2, 0) is 16.6 Å². The van der Waals surface area contributed by atoms with Crippen LogP contribution in [0.25, 0.3) is 11.5 Å². The van der Waals surface area contributed by atoms with Gasteiger partial charge < -0.3 is 4.42 Å². The van der Waals surface area contributed by atoms with Gasteiger partial charge in [-0.3, -0.25) is 4.98 Å². The Morgan fingerprint density at radius 1 is 1.23 bits per heavy atom. The molecule has 0 aliphatic carbocycles. The molecule has 0 aliphatic rings. The van der Waals surface area contributed by atoms with E-state index in [4.69, 9.17) is 4.42 Å². The van der Waals surface area contributed by atoms with Gasteiger partial charge in [0, 0.05) is 12.4 Å². The molecule has 6 nitrogen and oxygen atoms in total. The molecule has 0 saturated carbocycles. The average molecular weight is 335 g/mol. The van der Waals surface area contributed by atoms with E-state index in [9.17, 15) is 21.6 Å². The molecule has 2 heterocycles. The smallest absolute Gasteiger partial charge is 0.390 e. The highest BCUT2D eigenvalue weighted by molar-refractivity contribution is 7.89. The van der Waals surface area contributed by atoms with Crippen molar-refractivity contribution < 1.29 is 26.0 Å². The van der Waals surface area contributed by atoms with Crippen LogP contribution < -0.4 is 4.72 Å². The predicted octanol–water partition coefficient (Wildman–Crippen LogP) is 2.11. The third kappa shape index (κ3) is 4.81. The van der Waals surface area contributed by atoms with Gasteiger partial charge in [-0.2, -0.15) is 13.2 Å². The molecule has 0 unspecified atom stereocenters. The molecule has 0 aliphatic heterocycles. The highest BCUT2D eigenvalue weighted by atomic mass is 32.2. The second kappa shape index (κ2) is 6.44. The Morgan fingerprint density at radius 2 is 1.95 bits per heavy atom. The minimum absolute atomic E-state index is 0.257. The molecular weight excluding hydrogens is 323 g/mol. The summed E-state index contributed by atoms with van der Waals surface area (Å²) in [6.45, 7) is -0.274. The third-order valence-corrected chi connectivity index (χ3v) is 3.97. The molecule has 0 aromatic carbocycles. The van der Waals surface area contributed by atoms with Crippen molar-refractivity contribution in [1.29, 1.82) is 0 Å². The molecule has 22 heavy (non-hydrogen) atoms. The second-order valence-corrected chi connectivity index (χ2v) is 6.26. The van der Waals surface area contributed by atoms with E-state index in [1.54, 1.807) is 12.1 Å². The van der Waals surface area contributed by atoms with E-state index in [0.717, 1.165) is 0 Å². The zero-order chi connectivity index (χ0) is 16.2. The van der Waals surface area contributed by atoms with Crippen molar-refractivity contribution in [2.24, 2.45) is 0 Å². The van der Waals surface area contributed by atoms with E-state index < -0.39 is 28.4 Å². The van der Waals surface area contributed by atoms with Crippen LogP contribution >= 0.6 is 0 Å². The van der Waals surface area contributed by atoms with Crippen LogP contribution in [0.5, 0.6) is 0 Å². The summed E-state index contributed by atoms with van der Waals surface area (Å²) in [4.78, 5) is 8.01. The zero-order valence-electron chi connectivity index (χ0n) is 11.2. The van der Waals surface area contributed by atoms with Gasteiger partial charge in [0.15, 0.2) is 5.76 Å². The monoisotopic (exact) mass is 335 g/mol. The van der Waals surface area contributed by atoms with Crippen LogP contribution in [0.1, 0.15) is 12.1 Å². The first-order chi connectivity index (χ1) is 10.3. The maximum atomic E-state index is 12.1. The van der Waals surface area contributed by atoms with Gasteiger partial charge >= 0.3 is 6.18 Å². The minimum Gasteiger partial charge on any atom is -0.463 e. The molecule has 10 heteroatoms. The first-order valence-electron chi connectivity index (χ1n) is 6.15. The Kier molecular flexibility index (Phi) is 4.81. The molecule has 1 N–H and O–H groups in total. The normalized spacial score (nSPS) is 12.5. The fourth-order valence-corrected chi connectivity index (χ4v) is 2.62. The summed E-state index contributed by atoms with van der Waals surface area (Å²) in [5.41, 5.74) is 0.582. The Bertz CT molecular complexity index is 715. The Labute approximate surface area is 124 Å². The lowest BCUT2D eigenvalue weighted by atomic mass is 10.2. The van der Waals surface area contributed by atoms with Gasteiger partial charge in [-0.05, 0) is 12.1 Å². The zero-order valence-corrected chi connectivity index (χ0v) is 12.0. The lowest BCUT2D eigenvalue weighted by Gasteiger charge is -2.09. The van der Waals surface area contributed by atoms with E-state index >= 15 is 0 Å². The average Bonchev–Trinajstić information content (AvgIpc) is 2.97. The van der Waals surface area contributed by atoms with E-state index in [1.165, 1.54) is 18.7 Å². The van der Waals surface area contributed by atoms with Crippen molar-refractivity contribution >= 4 is 10.0 Å². The SMILES string of the molecule is O=S(=O)(CCC(F)(F)F)NCc1nccnc1-c1ccco1. The summed E-state index contributed by atoms with van der Waals surface area (Å²) >= 11 is 0. The number of nitrogens with zero attached hydrogens (tertiary/aromatic N) is 2. The number of rotatable bonds is 6. The van der Waals surface area contributed by atoms with Crippen molar-refractivity contribution in [2.45, 2.75) is 19.1 Å². The number of sulfonamides is 1. The van der Waals surface area contributed by atoms with Crippen molar-refractivity contribution in [3.8, 4) is 11.5 Å². The van der Waals surface area contributed by atoms with Crippen molar-refractivity contribution in [3.63, 3.8) is 0 Å². The molecule has 0 fully saturated rings. The predicted molar refractivity (Wildman–Crippen MR) is 71.0 cm³/mol. The summed E-state index contributed by atoms with van der Waals surface area (Å²) in [5.74, 6) is -0.648. The van der Waals surface area contributed by atoms with Crippen molar-refractivity contribution in [1.82, 2.24) is 14.7 Å². The minimum atomic E-state index is -4.53. The molecule has 0 amide bonds. The van der Waals surface area contributed by atoms with Gasteiger partial charge in [-0.1, -0.05) is 0 Å². The van der Waals surface area contributed by atoms with Gasteiger partial charge in [-0.15, -0.1) is 0 Å². The fraction of sp³-hybridized carbons (Fsp3) is 0.333. The molecule has 2 rings (SSSR count). The molecule has 0 atom stereocenters. The molecule has 0 saturated heterocycles. The number of alkyl halides is 3. The fourth-order valence-electron chi connectivity index (χ4n) is 1.62. The number of hydrogen-bond donors (Lipinski definition) is 1. The van der Waals surface area contributed by atoms with E-state index in [1.807, 2.05) is 0 Å². The standard InChI is InChI=1S/C12H12F3N3O3S/c13-12(14,15)3-7-22(19,20)18-8-9-11(17-5-4-16-9)10-2-1-6-21-10/h1-2,4-6,18H,3,7-8H2. The third-order valence-electron chi connectivity index (χ3n) is 2.64. The van der Waals surface area contributed by atoms with Gasteiger partial charge in [0.05, 0.1) is 30.7 Å². The van der Waals surface area contributed by atoms with Crippen molar-refractivity contribution in [3.05, 3.63) is 36.5 Å². The maximum absolute atomic E-state index is 12.1. The molecule has 120 valence electrons. The van der Waals surface area contributed by atoms with Gasteiger partial charge in [0.25, 0.3) is 0 Å². The van der Waals surface area contributed by atoms with Gasteiger partial charge in [-0.25, -0.2) is 18.1 Å². The lowest BCUT2D eigenvalue weighted by molar-refractivity contribution is -0.129. The first-order valence-corrected chi connectivity index (χ1v) is 7.80. The van der Waals surface area contributed by atoms with Crippen LogP contribution in [-0.4, -0.2) is 30.3 Å². The topological polar surface area (TPSA) is 85.1 Å². The van der Waals surface area contributed by atoms with Crippen molar-refractivity contribution in [2.75, 3.05) is 5.75 Å². The summed E-state index contributed by atoms with van der Waals surface area (Å²) < 4.78 is 66.6. The Morgan fingerprint density at radius 3 is 2.59 bits per heavy atom. The van der Waals surface area contributed by atoms with Crippen LogP contribution in [0.2, 0.25) is 0 Å². The first kappa shape index (κ1) is 16.4. The number of aromatic nitrogens is 2. The number of nitrogens with one attached hydrogen (secondary N) is 1. The lowest BCUT2D eigenvalue weighted by Crippen LogP contribution is -2.29. The number of hydrogen-bond acceptors (Lipinski definition) is 5. The molecule has 0 bridgehead atoms.